The predicted molar refractivity (Wildman–Crippen MR) is 126 cm³/mol. The summed E-state index contributed by atoms with van der Waals surface area (Å²) in [6, 6.07) is 21.8. The number of anilines is 2. The van der Waals surface area contributed by atoms with E-state index in [1.165, 1.54) is 10.4 Å². The first-order chi connectivity index (χ1) is 15.9. The molecule has 1 aliphatic heterocycles. The first-order valence-electron chi connectivity index (χ1n) is 10.5. The minimum Gasteiger partial charge on any atom is -0.422 e. The summed E-state index contributed by atoms with van der Waals surface area (Å²) in [4.78, 5) is 25.4. The second-order valence-electron chi connectivity index (χ2n) is 7.78. The number of hydrogen-bond donors (Lipinski definition) is 1. The number of rotatable bonds is 4. The Labute approximate surface area is 190 Å². The van der Waals surface area contributed by atoms with E-state index in [1.807, 2.05) is 0 Å². The molecule has 2 heterocycles. The van der Waals surface area contributed by atoms with Crippen LogP contribution >= 0.6 is 0 Å². The van der Waals surface area contributed by atoms with Crippen LogP contribution in [0.3, 0.4) is 0 Å². The minimum atomic E-state index is -3.75. The molecule has 0 fully saturated rings. The van der Waals surface area contributed by atoms with Gasteiger partial charge in [0.05, 0.1) is 10.6 Å². The van der Waals surface area contributed by atoms with Gasteiger partial charge in [0.2, 0.25) is 0 Å². The molecule has 8 heteroatoms. The first kappa shape index (κ1) is 21.0. The molecule has 0 atom stereocenters. The summed E-state index contributed by atoms with van der Waals surface area (Å²) in [6.45, 7) is 0.343. The van der Waals surface area contributed by atoms with Crippen LogP contribution in [-0.2, 0) is 16.4 Å². The van der Waals surface area contributed by atoms with Crippen LogP contribution in [0.1, 0.15) is 22.3 Å². The fraction of sp³-hybridized carbons (Fsp3) is 0.120. The highest BCUT2D eigenvalue weighted by molar-refractivity contribution is 7.92. The summed E-state index contributed by atoms with van der Waals surface area (Å²) in [7, 11) is -3.75. The predicted octanol–water partition coefficient (Wildman–Crippen LogP) is 4.19. The van der Waals surface area contributed by atoms with Crippen molar-refractivity contribution in [1.82, 2.24) is 0 Å². The average Bonchev–Trinajstić information content (AvgIpc) is 2.83. The quantitative estimate of drug-likeness (QED) is 0.461. The van der Waals surface area contributed by atoms with Crippen molar-refractivity contribution in [2.24, 2.45) is 0 Å². The maximum absolute atomic E-state index is 13.3. The molecule has 0 radical (unpaired) electrons. The highest BCUT2D eigenvalue weighted by Crippen LogP contribution is 2.34. The van der Waals surface area contributed by atoms with Crippen molar-refractivity contribution in [2.75, 3.05) is 16.2 Å². The van der Waals surface area contributed by atoms with E-state index in [1.54, 1.807) is 72.8 Å². The van der Waals surface area contributed by atoms with E-state index in [0.29, 0.717) is 35.3 Å². The van der Waals surface area contributed by atoms with Crippen LogP contribution in [0, 0.1) is 0 Å². The maximum atomic E-state index is 13.3. The number of carbonyl (C=O) groups is 1. The van der Waals surface area contributed by atoms with E-state index in [4.69, 9.17) is 4.42 Å². The number of aryl methyl sites for hydroxylation is 1. The average molecular weight is 461 g/mol. The van der Waals surface area contributed by atoms with Crippen LogP contribution in [0.15, 0.2) is 93.0 Å². The molecule has 1 aliphatic rings. The molecule has 0 spiro atoms. The Morgan fingerprint density at radius 3 is 2.52 bits per heavy atom. The lowest BCUT2D eigenvalue weighted by molar-refractivity contribution is 0.102. The number of fused-ring (bicyclic) bond motifs is 2. The molecule has 7 nitrogen and oxygen atoms in total. The van der Waals surface area contributed by atoms with E-state index < -0.39 is 21.6 Å². The zero-order chi connectivity index (χ0) is 23.0. The Kier molecular flexibility index (Phi) is 5.22. The third kappa shape index (κ3) is 3.89. The Balaban J connectivity index is 1.48. The van der Waals surface area contributed by atoms with E-state index in [-0.39, 0.29) is 10.5 Å². The van der Waals surface area contributed by atoms with Gasteiger partial charge in [0.1, 0.15) is 11.1 Å². The largest absolute Gasteiger partial charge is 0.422 e. The van der Waals surface area contributed by atoms with Crippen molar-refractivity contribution in [1.29, 1.82) is 0 Å². The van der Waals surface area contributed by atoms with Crippen molar-refractivity contribution >= 4 is 38.3 Å². The zero-order valence-electron chi connectivity index (χ0n) is 17.5. The van der Waals surface area contributed by atoms with Crippen molar-refractivity contribution in [3.63, 3.8) is 0 Å². The summed E-state index contributed by atoms with van der Waals surface area (Å²) < 4.78 is 33.1. The second kappa shape index (κ2) is 8.22. The van der Waals surface area contributed by atoms with Crippen LogP contribution in [0.2, 0.25) is 0 Å². The van der Waals surface area contributed by atoms with Crippen LogP contribution in [0.25, 0.3) is 11.0 Å². The van der Waals surface area contributed by atoms with Crippen molar-refractivity contribution < 1.29 is 17.6 Å². The number of nitrogens with one attached hydrogen (secondary N) is 1. The van der Waals surface area contributed by atoms with Gasteiger partial charge in [-0.2, -0.15) is 0 Å². The van der Waals surface area contributed by atoms with E-state index in [9.17, 15) is 18.0 Å². The molecular formula is C25H20N2O5S. The third-order valence-corrected chi connectivity index (χ3v) is 7.46. The lowest BCUT2D eigenvalue weighted by atomic mass is 10.0. The van der Waals surface area contributed by atoms with Crippen molar-refractivity contribution in [3.05, 3.63) is 100 Å². The number of benzene rings is 3. The normalized spacial score (nSPS) is 13.5. The lowest BCUT2D eigenvalue weighted by Crippen LogP contribution is -2.35. The number of hydrogen-bond acceptors (Lipinski definition) is 5. The number of nitrogens with zero attached hydrogens (tertiary/aromatic N) is 1. The summed E-state index contributed by atoms with van der Waals surface area (Å²) in [5.41, 5.74) is 1.33. The van der Waals surface area contributed by atoms with Gasteiger partial charge in [-0.25, -0.2) is 13.2 Å². The lowest BCUT2D eigenvalue weighted by Gasteiger charge is -2.31. The molecule has 166 valence electrons. The molecule has 0 saturated carbocycles. The monoisotopic (exact) mass is 460 g/mol. The smallest absolute Gasteiger partial charge is 0.349 e. The molecule has 0 aliphatic carbocycles. The number of para-hydroxylation sites is 1. The van der Waals surface area contributed by atoms with E-state index >= 15 is 0 Å². The Bertz CT molecular complexity index is 1530. The highest BCUT2D eigenvalue weighted by atomic mass is 32.2. The molecule has 4 aromatic rings. The van der Waals surface area contributed by atoms with E-state index in [2.05, 4.69) is 5.32 Å². The van der Waals surface area contributed by atoms with Crippen LogP contribution in [-0.4, -0.2) is 20.9 Å². The van der Waals surface area contributed by atoms with Crippen LogP contribution < -0.4 is 15.2 Å². The summed E-state index contributed by atoms with van der Waals surface area (Å²) in [5, 5.41) is 3.34. The van der Waals surface area contributed by atoms with Gasteiger partial charge in [0.25, 0.3) is 15.9 Å². The Morgan fingerprint density at radius 1 is 0.939 bits per heavy atom. The molecule has 3 aromatic carbocycles. The number of sulfonamides is 1. The second-order valence-corrected chi connectivity index (χ2v) is 9.64. The summed E-state index contributed by atoms with van der Waals surface area (Å²) >= 11 is 0. The fourth-order valence-corrected chi connectivity index (χ4v) is 5.56. The van der Waals surface area contributed by atoms with Crippen molar-refractivity contribution in [3.8, 4) is 0 Å². The van der Waals surface area contributed by atoms with Gasteiger partial charge in [-0.3, -0.25) is 9.10 Å². The topological polar surface area (TPSA) is 96.7 Å². The molecule has 5 rings (SSSR count). The number of carbonyl (C=O) groups excluding carboxylic acids is 1. The third-order valence-electron chi connectivity index (χ3n) is 5.64. The SMILES string of the molecule is O=C(Nc1ccc2c(c1)N(S(=O)(=O)c1ccccc1)CCC2)c1cc2ccccc2oc1=O. The van der Waals surface area contributed by atoms with Crippen molar-refractivity contribution in [2.45, 2.75) is 17.7 Å². The van der Waals surface area contributed by atoms with Gasteiger partial charge in [0, 0.05) is 17.6 Å². The van der Waals surface area contributed by atoms with Crippen LogP contribution in [0.5, 0.6) is 0 Å². The Hall–Kier alpha value is -3.91. The van der Waals surface area contributed by atoms with E-state index in [0.717, 1.165) is 12.0 Å². The van der Waals surface area contributed by atoms with Gasteiger partial charge in [-0.05, 0) is 54.8 Å². The summed E-state index contributed by atoms with van der Waals surface area (Å²) in [6.07, 6.45) is 1.43. The maximum Gasteiger partial charge on any atom is 0.349 e. The van der Waals surface area contributed by atoms with Gasteiger partial charge in [-0.1, -0.05) is 42.5 Å². The Morgan fingerprint density at radius 2 is 1.70 bits per heavy atom. The first-order valence-corrected chi connectivity index (χ1v) is 11.9. The van der Waals surface area contributed by atoms with Gasteiger partial charge >= 0.3 is 5.63 Å². The number of amides is 1. The standard InChI is InChI=1S/C25H20N2O5S/c28-24(21-15-18-7-4-5-11-23(18)32-25(21)29)26-19-13-12-17-8-6-14-27(22(17)16-19)33(30,31)20-9-2-1-3-10-20/h1-5,7,9-13,15-16H,6,8,14H2,(H,26,28). The highest BCUT2D eigenvalue weighted by Gasteiger charge is 2.29. The van der Waals surface area contributed by atoms with Gasteiger partial charge < -0.3 is 9.73 Å². The van der Waals surface area contributed by atoms with Crippen LogP contribution in [0.4, 0.5) is 11.4 Å². The molecule has 0 unspecified atom stereocenters. The molecule has 0 bridgehead atoms. The minimum absolute atomic E-state index is 0.125. The molecule has 1 amide bonds. The molecule has 33 heavy (non-hydrogen) atoms. The molecule has 1 aromatic heterocycles. The summed E-state index contributed by atoms with van der Waals surface area (Å²) in [5.74, 6) is -0.622. The molecule has 1 N–H and O–H groups in total. The molecular weight excluding hydrogens is 440 g/mol. The van der Waals surface area contributed by atoms with Gasteiger partial charge in [-0.15, -0.1) is 0 Å². The zero-order valence-corrected chi connectivity index (χ0v) is 18.3. The van der Waals surface area contributed by atoms with Gasteiger partial charge in [0.15, 0.2) is 0 Å². The molecule has 0 saturated heterocycles. The fourth-order valence-electron chi connectivity index (χ4n) is 4.01.